The topological polar surface area (TPSA) is 121 Å². The predicted molar refractivity (Wildman–Crippen MR) is 133 cm³/mol. The van der Waals surface area contributed by atoms with Crippen LogP contribution in [0.1, 0.15) is 56.7 Å². The number of aliphatic carboxylic acids is 1. The van der Waals surface area contributed by atoms with E-state index in [4.69, 9.17) is 31.5 Å². The maximum absolute atomic E-state index is 13.0. The molecule has 1 aliphatic carbocycles. The number of allylic oxidation sites excluding steroid dienone is 4. The van der Waals surface area contributed by atoms with Crippen LogP contribution in [0.15, 0.2) is 34.1 Å². The number of oxime groups is 2. The number of hydrogen-bond acceptors (Lipinski definition) is 7. The van der Waals surface area contributed by atoms with Crippen LogP contribution in [0.4, 0.5) is 4.39 Å². The predicted octanol–water partition coefficient (Wildman–Crippen LogP) is 5.80. The van der Waals surface area contributed by atoms with Gasteiger partial charge in [-0.25, -0.2) is 9.18 Å². The van der Waals surface area contributed by atoms with Crippen LogP contribution >= 0.6 is 11.6 Å². The normalized spacial score (nSPS) is 22.3. The van der Waals surface area contributed by atoms with Crippen LogP contribution in [0.3, 0.4) is 0 Å². The molecule has 10 heteroatoms. The number of rotatable bonds is 10. The van der Waals surface area contributed by atoms with Crippen molar-refractivity contribution in [1.82, 2.24) is 0 Å². The van der Waals surface area contributed by atoms with E-state index in [9.17, 15) is 14.3 Å². The van der Waals surface area contributed by atoms with Gasteiger partial charge in [0.05, 0.1) is 16.9 Å². The van der Waals surface area contributed by atoms with Crippen molar-refractivity contribution >= 4 is 29.5 Å². The number of benzene rings is 1. The molecule has 1 saturated carbocycles. The Bertz CT molecular complexity index is 1050. The molecule has 0 radical (unpaired) electrons. The van der Waals surface area contributed by atoms with Gasteiger partial charge in [-0.1, -0.05) is 59.6 Å². The highest BCUT2D eigenvalue weighted by Gasteiger charge is 2.34. The number of carboxylic acids is 1. The number of aromatic hydroxyl groups is 1. The van der Waals surface area contributed by atoms with Gasteiger partial charge in [0.2, 0.25) is 13.5 Å². The quantitative estimate of drug-likeness (QED) is 0.158. The van der Waals surface area contributed by atoms with Crippen LogP contribution in [-0.4, -0.2) is 46.8 Å². The number of ether oxygens (including phenoxy) is 1. The molecule has 0 aromatic heterocycles. The fraction of sp³-hybridized carbons (Fsp3) is 0.480. The van der Waals surface area contributed by atoms with Crippen molar-refractivity contribution in [3.63, 3.8) is 0 Å². The summed E-state index contributed by atoms with van der Waals surface area (Å²) in [4.78, 5) is 15.6. The molecule has 0 saturated heterocycles. The molecule has 0 aliphatic heterocycles. The minimum absolute atomic E-state index is 0.0439. The first-order chi connectivity index (χ1) is 16.5. The number of phenols is 1. The molecule has 0 bridgehead atoms. The van der Waals surface area contributed by atoms with Crippen LogP contribution in [0, 0.1) is 18.3 Å². The Morgan fingerprint density at radius 1 is 1.40 bits per heavy atom. The third-order valence-corrected chi connectivity index (χ3v) is 6.90. The molecule has 0 unspecified atom stereocenters. The monoisotopic (exact) mass is 510 g/mol. The van der Waals surface area contributed by atoms with Crippen molar-refractivity contribution in [3.05, 3.63) is 45.5 Å². The van der Waals surface area contributed by atoms with Crippen molar-refractivity contribution in [2.45, 2.75) is 53.4 Å². The molecule has 0 spiro atoms. The summed E-state index contributed by atoms with van der Waals surface area (Å²) in [6.07, 6.45) is 9.48. The van der Waals surface area contributed by atoms with Crippen molar-refractivity contribution < 1.29 is 34.2 Å². The summed E-state index contributed by atoms with van der Waals surface area (Å²) in [7, 11) is 0. The number of phenolic OH excluding ortho intramolecular Hbond substituents is 1. The van der Waals surface area contributed by atoms with Gasteiger partial charge in [-0.3, -0.25) is 0 Å². The second-order valence-corrected chi connectivity index (χ2v) is 9.32. The van der Waals surface area contributed by atoms with Crippen LogP contribution in [0.2, 0.25) is 5.02 Å². The third kappa shape index (κ3) is 7.21. The molecule has 1 aromatic rings. The van der Waals surface area contributed by atoms with E-state index >= 15 is 0 Å². The lowest BCUT2D eigenvalue weighted by molar-refractivity contribution is -0.142. The minimum atomic E-state index is -1.11. The first-order valence-electron chi connectivity index (χ1n) is 11.2. The Hall–Kier alpha value is -3.07. The Labute approximate surface area is 209 Å². The average molecular weight is 511 g/mol. The Balaban J connectivity index is 2.27. The van der Waals surface area contributed by atoms with E-state index in [-0.39, 0.29) is 39.5 Å². The summed E-state index contributed by atoms with van der Waals surface area (Å²) in [5, 5.41) is 35.5. The lowest BCUT2D eigenvalue weighted by Crippen LogP contribution is -2.32. The van der Waals surface area contributed by atoms with E-state index in [1.54, 1.807) is 6.92 Å². The van der Waals surface area contributed by atoms with E-state index in [2.05, 4.69) is 30.2 Å². The molecule has 1 fully saturated rings. The van der Waals surface area contributed by atoms with Crippen LogP contribution in [0.25, 0.3) is 0 Å². The molecule has 1 aliphatic rings. The van der Waals surface area contributed by atoms with Gasteiger partial charge < -0.3 is 25.0 Å². The van der Waals surface area contributed by atoms with Gasteiger partial charge in [-0.2, -0.15) is 0 Å². The lowest BCUT2D eigenvalue weighted by Gasteiger charge is -2.37. The summed E-state index contributed by atoms with van der Waals surface area (Å²) >= 11 is 6.33. The SMILES string of the molecule is CC(/C=C/[C@]1(C)C/C(=N/OCC(=O)O)CC[C@H]1C)=C\Cc1c(O)c(/C=N/O)c(C)c(Cl)c1OCF. The summed E-state index contributed by atoms with van der Waals surface area (Å²) in [5.41, 5.74) is 2.41. The second kappa shape index (κ2) is 12.6. The molecule has 2 atom stereocenters. The second-order valence-electron chi connectivity index (χ2n) is 8.94. The van der Waals surface area contributed by atoms with Gasteiger partial charge in [0.1, 0.15) is 11.5 Å². The van der Waals surface area contributed by atoms with E-state index in [0.29, 0.717) is 17.9 Å². The lowest BCUT2D eigenvalue weighted by atomic mass is 9.67. The van der Waals surface area contributed by atoms with Gasteiger partial charge in [-0.15, -0.1) is 0 Å². The fourth-order valence-electron chi connectivity index (χ4n) is 4.03. The fourth-order valence-corrected chi connectivity index (χ4v) is 4.30. The van der Waals surface area contributed by atoms with Crippen molar-refractivity contribution in [2.75, 3.05) is 13.5 Å². The maximum Gasteiger partial charge on any atom is 0.344 e. The standard InChI is InChI=1S/C25H32ClFN2O6/c1-15(9-10-25(4)11-18(7-6-16(25)2)29-35-13-21(30)31)5-8-19-23(32)20(12-28-33)17(3)22(26)24(19)34-14-27/h5,9-10,12,16,32-33H,6-8,11,13-14H2,1-4H3,(H,30,31)/b10-9+,15-5+,28-12+,29-18+/t16-,25-/m1/s1. The molecule has 0 heterocycles. The smallest absolute Gasteiger partial charge is 0.344 e. The van der Waals surface area contributed by atoms with E-state index in [0.717, 1.165) is 30.3 Å². The summed E-state index contributed by atoms with van der Waals surface area (Å²) in [6, 6.07) is 0. The molecule has 3 N–H and O–H groups in total. The zero-order valence-electron chi connectivity index (χ0n) is 20.3. The molecular formula is C25H32ClFN2O6. The maximum atomic E-state index is 13.0. The largest absolute Gasteiger partial charge is 0.507 e. The van der Waals surface area contributed by atoms with Crippen molar-refractivity contribution in [3.8, 4) is 11.5 Å². The van der Waals surface area contributed by atoms with Gasteiger partial charge in [0.15, 0.2) is 0 Å². The Kier molecular flexibility index (Phi) is 10.1. The van der Waals surface area contributed by atoms with E-state index in [1.165, 1.54) is 0 Å². The van der Waals surface area contributed by atoms with Gasteiger partial charge in [0.25, 0.3) is 0 Å². The highest BCUT2D eigenvalue weighted by Crippen LogP contribution is 2.42. The van der Waals surface area contributed by atoms with E-state index in [1.807, 2.05) is 19.1 Å². The number of hydrogen-bond donors (Lipinski definition) is 3. The molecule has 8 nitrogen and oxygen atoms in total. The number of alkyl halides is 1. The van der Waals surface area contributed by atoms with Crippen LogP contribution < -0.4 is 4.74 Å². The number of carbonyl (C=O) groups is 1. The highest BCUT2D eigenvalue weighted by molar-refractivity contribution is 6.33. The van der Waals surface area contributed by atoms with Gasteiger partial charge in [0, 0.05) is 11.1 Å². The summed E-state index contributed by atoms with van der Waals surface area (Å²) in [5.74, 6) is -0.855. The molecule has 0 amide bonds. The third-order valence-electron chi connectivity index (χ3n) is 6.45. The van der Waals surface area contributed by atoms with Gasteiger partial charge >= 0.3 is 5.97 Å². The molecular weight excluding hydrogens is 479 g/mol. The molecule has 1 aromatic carbocycles. The highest BCUT2D eigenvalue weighted by atomic mass is 35.5. The van der Waals surface area contributed by atoms with Crippen LogP contribution in [0.5, 0.6) is 11.5 Å². The molecule has 35 heavy (non-hydrogen) atoms. The van der Waals surface area contributed by atoms with Crippen molar-refractivity contribution in [2.24, 2.45) is 21.6 Å². The summed E-state index contributed by atoms with van der Waals surface area (Å²) < 4.78 is 18.1. The van der Waals surface area contributed by atoms with Gasteiger partial charge in [-0.05, 0) is 56.4 Å². The van der Waals surface area contributed by atoms with Crippen LogP contribution in [-0.2, 0) is 16.1 Å². The molecule has 2 rings (SSSR count). The number of nitrogens with zero attached hydrogens (tertiary/aromatic N) is 2. The Morgan fingerprint density at radius 2 is 2.11 bits per heavy atom. The average Bonchev–Trinajstić information content (AvgIpc) is 2.81. The number of halogens is 2. The first-order valence-corrected chi connectivity index (χ1v) is 11.6. The minimum Gasteiger partial charge on any atom is -0.507 e. The van der Waals surface area contributed by atoms with Crippen molar-refractivity contribution in [1.29, 1.82) is 0 Å². The Morgan fingerprint density at radius 3 is 2.74 bits per heavy atom. The zero-order valence-corrected chi connectivity index (χ0v) is 21.1. The summed E-state index contributed by atoms with van der Waals surface area (Å²) in [6.45, 7) is 6.20. The molecule has 192 valence electrons. The number of carboxylic acid groups (broad SMARTS) is 1. The van der Waals surface area contributed by atoms with E-state index < -0.39 is 19.4 Å². The first kappa shape index (κ1) is 28.2. The zero-order chi connectivity index (χ0) is 26.2.